The summed E-state index contributed by atoms with van der Waals surface area (Å²) >= 11 is 0. The van der Waals surface area contributed by atoms with E-state index in [1.165, 1.54) is 10.4 Å². The Labute approximate surface area is 121 Å². The van der Waals surface area contributed by atoms with Crippen LogP contribution in [-0.4, -0.2) is 19.6 Å². The van der Waals surface area contributed by atoms with Crippen molar-refractivity contribution in [2.75, 3.05) is 0 Å². The van der Waals surface area contributed by atoms with E-state index in [4.69, 9.17) is 0 Å². The molecule has 0 bridgehead atoms. The Morgan fingerprint density at radius 1 is 0.950 bits per heavy atom. The van der Waals surface area contributed by atoms with Gasteiger partial charge >= 0.3 is 0 Å². The zero-order chi connectivity index (χ0) is 14.6. The van der Waals surface area contributed by atoms with Gasteiger partial charge < -0.3 is 5.32 Å². The summed E-state index contributed by atoms with van der Waals surface area (Å²) in [5.41, 5.74) is 0.143. The van der Waals surface area contributed by atoms with E-state index >= 15 is 0 Å². The van der Waals surface area contributed by atoms with Crippen molar-refractivity contribution >= 4 is 24.4 Å². The van der Waals surface area contributed by atoms with Crippen LogP contribution in [0.25, 0.3) is 0 Å². The van der Waals surface area contributed by atoms with Crippen molar-refractivity contribution < 1.29 is 4.79 Å². The van der Waals surface area contributed by atoms with Gasteiger partial charge in [0.1, 0.15) is 8.07 Å². The maximum atomic E-state index is 11.5. The monoisotopic (exact) mass is 283 g/mol. The first-order valence-corrected chi connectivity index (χ1v) is 9.51. The minimum atomic E-state index is -2.00. The Hall–Kier alpha value is -1.87. The van der Waals surface area contributed by atoms with Gasteiger partial charge in [0, 0.05) is 12.6 Å². The van der Waals surface area contributed by atoms with Gasteiger partial charge in [0.15, 0.2) is 0 Å². The van der Waals surface area contributed by atoms with Crippen LogP contribution in [0.3, 0.4) is 0 Å². The molecule has 0 saturated carbocycles. The average Bonchev–Trinajstić information content (AvgIpc) is 2.47. The lowest BCUT2D eigenvalue weighted by atomic mass is 10.4. The van der Waals surface area contributed by atoms with Gasteiger partial charge in [-0.25, -0.2) is 0 Å². The number of carbonyl (C=O) groups is 1. The van der Waals surface area contributed by atoms with Crippen LogP contribution in [0.2, 0.25) is 6.55 Å². The summed E-state index contributed by atoms with van der Waals surface area (Å²) in [4.78, 5) is 11.5. The minimum Gasteiger partial charge on any atom is -0.356 e. The smallest absolute Gasteiger partial charge is 0.216 e. The fraction of sp³-hybridized carbons (Fsp3) is 0.235. The number of benzene rings is 2. The molecular weight excluding hydrogens is 262 g/mol. The van der Waals surface area contributed by atoms with Crippen molar-refractivity contribution in [3.63, 3.8) is 0 Å². The molecule has 0 fully saturated rings. The predicted octanol–water partition coefficient (Wildman–Crippen LogP) is 1.94. The van der Waals surface area contributed by atoms with E-state index in [9.17, 15) is 4.79 Å². The molecule has 1 unspecified atom stereocenters. The third-order valence-corrected chi connectivity index (χ3v) is 8.97. The molecule has 0 aromatic heterocycles. The normalized spacial score (nSPS) is 12.8. The predicted molar refractivity (Wildman–Crippen MR) is 87.0 cm³/mol. The van der Waals surface area contributed by atoms with Gasteiger partial charge in [0.25, 0.3) is 0 Å². The van der Waals surface area contributed by atoms with E-state index in [1.54, 1.807) is 6.92 Å². The second kappa shape index (κ2) is 6.05. The van der Waals surface area contributed by atoms with Gasteiger partial charge in [0.2, 0.25) is 5.91 Å². The van der Waals surface area contributed by atoms with E-state index in [0.717, 1.165) is 0 Å². The highest BCUT2D eigenvalue weighted by atomic mass is 28.3. The number of rotatable bonds is 4. The molecule has 0 heterocycles. The third kappa shape index (κ3) is 2.83. The van der Waals surface area contributed by atoms with Crippen molar-refractivity contribution in [1.29, 1.82) is 0 Å². The molecule has 0 radical (unpaired) electrons. The third-order valence-electron chi connectivity index (χ3n) is 4.03. The highest BCUT2D eigenvalue weighted by Gasteiger charge is 2.38. The molecule has 0 spiro atoms. The van der Waals surface area contributed by atoms with Crippen LogP contribution in [0.4, 0.5) is 0 Å². The summed E-state index contributed by atoms with van der Waals surface area (Å²) in [5.74, 6) is 0.0306. The highest BCUT2D eigenvalue weighted by Crippen LogP contribution is 2.10. The summed E-state index contributed by atoms with van der Waals surface area (Å²) in [6.07, 6.45) is 0. The molecule has 3 heteroatoms. The van der Waals surface area contributed by atoms with Crippen LogP contribution in [0.5, 0.6) is 0 Å². The lowest BCUT2D eigenvalue weighted by Crippen LogP contribution is -2.67. The molecule has 0 aliphatic rings. The van der Waals surface area contributed by atoms with Crippen molar-refractivity contribution in [3.05, 3.63) is 60.7 Å². The molecule has 0 aliphatic carbocycles. The Morgan fingerprint density at radius 3 is 1.70 bits per heavy atom. The van der Waals surface area contributed by atoms with E-state index in [-0.39, 0.29) is 11.6 Å². The first kappa shape index (κ1) is 14.5. The van der Waals surface area contributed by atoms with Gasteiger partial charge in [0.05, 0.1) is 0 Å². The van der Waals surface area contributed by atoms with E-state index in [1.807, 2.05) is 12.1 Å². The van der Waals surface area contributed by atoms with Crippen LogP contribution in [0.15, 0.2) is 60.7 Å². The molecule has 2 aromatic rings. The van der Waals surface area contributed by atoms with Crippen molar-refractivity contribution in [1.82, 2.24) is 5.32 Å². The molecule has 0 saturated heterocycles. The SMILES string of the molecule is CC(=O)NC(C)[Si](C)(c1ccccc1)c1ccccc1. The largest absolute Gasteiger partial charge is 0.356 e. The zero-order valence-electron chi connectivity index (χ0n) is 12.3. The number of amides is 1. The maximum Gasteiger partial charge on any atom is 0.216 e. The van der Waals surface area contributed by atoms with Crippen molar-refractivity contribution in [3.8, 4) is 0 Å². The topological polar surface area (TPSA) is 29.1 Å². The van der Waals surface area contributed by atoms with Crippen LogP contribution in [0.1, 0.15) is 13.8 Å². The van der Waals surface area contributed by atoms with Crippen molar-refractivity contribution in [2.45, 2.75) is 26.1 Å². The number of nitrogens with one attached hydrogen (secondary N) is 1. The second-order valence-electron chi connectivity index (χ2n) is 5.36. The van der Waals surface area contributed by atoms with E-state index < -0.39 is 8.07 Å². The minimum absolute atomic E-state index is 0.0306. The average molecular weight is 283 g/mol. The first-order chi connectivity index (χ1) is 9.55. The van der Waals surface area contributed by atoms with Crippen molar-refractivity contribution in [2.24, 2.45) is 0 Å². The van der Waals surface area contributed by atoms with Gasteiger partial charge in [-0.2, -0.15) is 0 Å². The van der Waals surface area contributed by atoms with Gasteiger partial charge in [-0.1, -0.05) is 77.6 Å². The molecule has 104 valence electrons. The molecule has 2 rings (SSSR count). The number of hydrogen-bond donors (Lipinski definition) is 1. The van der Waals surface area contributed by atoms with E-state index in [2.05, 4.69) is 67.3 Å². The number of hydrogen-bond acceptors (Lipinski definition) is 1. The van der Waals surface area contributed by atoms with Gasteiger partial charge in [-0.3, -0.25) is 4.79 Å². The molecule has 1 amide bonds. The summed E-state index contributed by atoms with van der Waals surface area (Å²) in [5, 5.41) is 5.78. The van der Waals surface area contributed by atoms with E-state index in [0.29, 0.717) is 0 Å². The summed E-state index contributed by atoms with van der Waals surface area (Å²) < 4.78 is 0. The molecule has 2 aromatic carbocycles. The molecule has 1 N–H and O–H groups in total. The van der Waals surface area contributed by atoms with Gasteiger partial charge in [-0.05, 0) is 6.92 Å². The summed E-state index contributed by atoms with van der Waals surface area (Å²) in [7, 11) is -2.00. The Bertz CT molecular complexity index is 529. The van der Waals surface area contributed by atoms with Crippen LogP contribution >= 0.6 is 0 Å². The summed E-state index contributed by atoms with van der Waals surface area (Å²) in [6.45, 7) is 6.02. The first-order valence-electron chi connectivity index (χ1n) is 6.93. The zero-order valence-corrected chi connectivity index (χ0v) is 13.3. The number of carbonyl (C=O) groups excluding carboxylic acids is 1. The Kier molecular flexibility index (Phi) is 4.40. The fourth-order valence-corrected chi connectivity index (χ4v) is 6.28. The standard InChI is InChI=1S/C17H21NOSi/c1-14(19)18-15(2)20(3,16-10-6-4-7-11-16)17-12-8-5-9-13-17/h4-13,15H,1-3H3,(H,18,19). The maximum absolute atomic E-state index is 11.5. The second-order valence-corrected chi connectivity index (χ2v) is 9.78. The lowest BCUT2D eigenvalue weighted by molar-refractivity contribution is -0.119. The highest BCUT2D eigenvalue weighted by molar-refractivity contribution is 7.02. The van der Waals surface area contributed by atoms with Gasteiger partial charge in [-0.15, -0.1) is 0 Å². The molecule has 1 atom stereocenters. The molecule has 20 heavy (non-hydrogen) atoms. The summed E-state index contributed by atoms with van der Waals surface area (Å²) in [6, 6.07) is 21.1. The lowest BCUT2D eigenvalue weighted by Gasteiger charge is -2.35. The molecular formula is C17H21NOSi. The van der Waals surface area contributed by atoms with Crippen LogP contribution in [0, 0.1) is 0 Å². The fourth-order valence-electron chi connectivity index (χ4n) is 2.68. The quantitative estimate of drug-likeness (QED) is 0.854. The Morgan fingerprint density at radius 2 is 1.35 bits per heavy atom. The van der Waals surface area contributed by atoms with Crippen LogP contribution in [-0.2, 0) is 4.79 Å². The molecule has 0 aliphatic heterocycles. The van der Waals surface area contributed by atoms with Crippen LogP contribution < -0.4 is 15.7 Å². The molecule has 2 nitrogen and oxygen atoms in total. The Balaban J connectivity index is 2.52.